The zero-order valence-corrected chi connectivity index (χ0v) is 34.4. The minimum absolute atomic E-state index is 0.000781. The van der Waals surface area contributed by atoms with Crippen molar-refractivity contribution in [3.05, 3.63) is 74.8 Å². The molecule has 4 aliphatic rings. The van der Waals surface area contributed by atoms with Gasteiger partial charge in [0.05, 0.1) is 38.4 Å². The number of phosphoric acid groups is 2. The molecule has 4 fully saturated rings. The summed E-state index contributed by atoms with van der Waals surface area (Å²) in [6.45, 7) is -1.86. The lowest BCUT2D eigenvalue weighted by Gasteiger charge is -2.24. The Morgan fingerprint density at radius 2 is 1.44 bits per heavy atom. The van der Waals surface area contributed by atoms with Crippen LogP contribution >= 0.6 is 15.6 Å². The van der Waals surface area contributed by atoms with Crippen LogP contribution in [0.3, 0.4) is 0 Å². The van der Waals surface area contributed by atoms with Gasteiger partial charge in [0.1, 0.15) is 48.8 Å². The molecule has 11 atom stereocenters. The number of nitrogen functional groups attached to an aromatic ring is 2. The van der Waals surface area contributed by atoms with Crippen LogP contribution in [0.2, 0.25) is 0 Å². The Kier molecular flexibility index (Phi) is 12.9. The van der Waals surface area contributed by atoms with Crippen molar-refractivity contribution in [1.82, 2.24) is 29.1 Å². The largest absolute Gasteiger partial charge is 0.472 e. The summed E-state index contributed by atoms with van der Waals surface area (Å²) in [5.74, 6) is 0.286. The zero-order chi connectivity index (χ0) is 43.1. The lowest BCUT2D eigenvalue weighted by molar-refractivity contribution is -0.0552. The van der Waals surface area contributed by atoms with E-state index < -0.39 is 102 Å². The predicted molar refractivity (Wildman–Crippen MR) is 211 cm³/mol. The second-order valence-electron chi connectivity index (χ2n) is 15.5. The van der Waals surface area contributed by atoms with Crippen LogP contribution in [0.1, 0.15) is 87.0 Å². The summed E-state index contributed by atoms with van der Waals surface area (Å²) in [6, 6.07) is 9.26. The molecule has 0 amide bonds. The second kappa shape index (κ2) is 18.0. The summed E-state index contributed by atoms with van der Waals surface area (Å²) in [4.78, 5) is 60.6. The number of nitrogens with two attached hydrogens (primary N) is 2. The number of fused-ring (bicyclic) bond motifs is 1. The molecule has 3 aromatic heterocycles. The van der Waals surface area contributed by atoms with Gasteiger partial charge in [-0.3, -0.25) is 37.0 Å². The van der Waals surface area contributed by atoms with E-state index in [2.05, 4.69) is 19.9 Å². The molecule has 61 heavy (non-hydrogen) atoms. The lowest BCUT2D eigenvalue weighted by Crippen LogP contribution is -2.31. The number of H-pyrrole nitrogens is 1. The van der Waals surface area contributed by atoms with Gasteiger partial charge in [0.15, 0.2) is 11.2 Å². The van der Waals surface area contributed by atoms with Crippen molar-refractivity contribution in [3.63, 3.8) is 0 Å². The molecule has 4 aromatic rings. The summed E-state index contributed by atoms with van der Waals surface area (Å²) in [7, 11) is -9.90. The van der Waals surface area contributed by atoms with Gasteiger partial charge in [-0.25, -0.2) is 18.9 Å². The highest BCUT2D eigenvalue weighted by Crippen LogP contribution is 2.52. The highest BCUT2D eigenvalue weighted by molar-refractivity contribution is 7.47. The first-order chi connectivity index (χ1) is 29.1. The predicted octanol–water partition coefficient (Wildman–Crippen LogP) is 2.05. The molecule has 1 aromatic carbocycles. The average Bonchev–Trinajstić information content (AvgIpc) is 4.02. The third-order valence-corrected chi connectivity index (χ3v) is 13.4. The summed E-state index contributed by atoms with van der Waals surface area (Å²) in [5, 5.41) is 20.7. The SMILES string of the molecule is Nc1ccn([C@H]2C[C@H](OP(=O)(O)OC[C@H]3O[C@@H](c4ccc(C5CCCCC5)cc4)C[C@@H]3OP(=O)(O)OC[C@H]3O[C@@H](n4cnc5c(=O)[nH]c(N)nc54)C[C@@H]3O)[C@@H](CO)O2)c(=O)n1. The monoisotopic (exact) mass is 894 g/mol. The standard InChI is InChI=1S/C36H48N8O15P2/c37-29-10-11-43(36(48)40-29)31-14-25(26(15-45)56-31)59-61(51,52)54-17-28-24(13-23(55-28)21-8-6-20(7-9-21)19-4-2-1-3-5-19)58-60(49,50)53-16-27-22(46)12-30(57-27)44-18-39-32-33(44)41-35(38)42-34(32)47/h6-11,18-19,22-28,30-31,45-46H,1-5,12-17H2,(H,49,50)(H,51,52)(H2,37,40,48)(H3,38,41,42,47)/t22-,23+,24-,25-,26+,27+,28+,30+,31+/m0/s1. The topological polar surface area (TPSA) is 330 Å². The van der Waals surface area contributed by atoms with Crippen LogP contribution in [0.5, 0.6) is 0 Å². The minimum Gasteiger partial charge on any atom is -0.394 e. The van der Waals surface area contributed by atoms with E-state index in [9.17, 15) is 38.7 Å². The molecule has 0 spiro atoms. The highest BCUT2D eigenvalue weighted by atomic mass is 31.2. The first-order valence-electron chi connectivity index (χ1n) is 19.9. The Bertz CT molecular complexity index is 2390. The van der Waals surface area contributed by atoms with Gasteiger partial charge in [0.25, 0.3) is 5.56 Å². The van der Waals surface area contributed by atoms with Gasteiger partial charge < -0.3 is 45.7 Å². The van der Waals surface area contributed by atoms with E-state index in [0.717, 1.165) is 23.0 Å². The fraction of sp³-hybridized carbons (Fsp3) is 0.583. The number of imidazole rings is 1. The number of hydrogen-bond donors (Lipinski definition) is 7. The number of hydrogen-bond acceptors (Lipinski definition) is 18. The van der Waals surface area contributed by atoms with E-state index in [0.29, 0.717) is 5.92 Å². The van der Waals surface area contributed by atoms with E-state index in [1.165, 1.54) is 48.0 Å². The highest BCUT2D eigenvalue weighted by Gasteiger charge is 2.46. The molecular formula is C36H48N8O15P2. The molecule has 25 heteroatoms. The lowest BCUT2D eigenvalue weighted by atomic mass is 9.84. The fourth-order valence-corrected chi connectivity index (χ4v) is 10.2. The number of ether oxygens (including phenoxy) is 3. The van der Waals surface area contributed by atoms with Crippen molar-refractivity contribution in [2.75, 3.05) is 31.3 Å². The van der Waals surface area contributed by atoms with Gasteiger partial charge in [0, 0.05) is 25.5 Å². The third kappa shape index (κ3) is 9.99. The maximum Gasteiger partial charge on any atom is 0.472 e. The Morgan fingerprint density at radius 1 is 0.803 bits per heavy atom. The summed E-state index contributed by atoms with van der Waals surface area (Å²) in [5.41, 5.74) is 12.0. The quantitative estimate of drug-likeness (QED) is 0.0840. The van der Waals surface area contributed by atoms with Crippen molar-refractivity contribution >= 4 is 38.6 Å². The molecule has 23 nitrogen and oxygen atoms in total. The van der Waals surface area contributed by atoms with Crippen LogP contribution in [-0.4, -0.2) is 106 Å². The summed E-state index contributed by atoms with van der Waals surface area (Å²) >= 11 is 0. The molecule has 6 heterocycles. The van der Waals surface area contributed by atoms with E-state index in [-0.39, 0.29) is 42.2 Å². The van der Waals surface area contributed by atoms with Crippen LogP contribution in [0.25, 0.3) is 11.2 Å². The number of anilines is 2. The van der Waals surface area contributed by atoms with Crippen LogP contribution < -0.4 is 22.7 Å². The molecule has 0 bridgehead atoms. The van der Waals surface area contributed by atoms with E-state index >= 15 is 0 Å². The molecule has 3 aliphatic heterocycles. The average molecular weight is 895 g/mol. The van der Waals surface area contributed by atoms with Gasteiger partial charge >= 0.3 is 21.3 Å². The smallest absolute Gasteiger partial charge is 0.394 e. The molecular weight excluding hydrogens is 846 g/mol. The number of rotatable bonds is 15. The number of nitrogens with one attached hydrogen (secondary N) is 1. The number of benzene rings is 1. The molecule has 0 radical (unpaired) electrons. The van der Waals surface area contributed by atoms with Gasteiger partial charge in [-0.1, -0.05) is 43.5 Å². The molecule has 332 valence electrons. The molecule has 1 aliphatic carbocycles. The number of aromatic nitrogens is 6. The van der Waals surface area contributed by atoms with Crippen molar-refractivity contribution in [2.24, 2.45) is 0 Å². The van der Waals surface area contributed by atoms with Crippen LogP contribution in [0.4, 0.5) is 11.8 Å². The third-order valence-electron chi connectivity index (χ3n) is 11.4. The zero-order valence-electron chi connectivity index (χ0n) is 32.7. The number of nitrogens with zero attached hydrogens (tertiary/aromatic N) is 5. The number of phosphoric ester groups is 2. The van der Waals surface area contributed by atoms with E-state index in [1.807, 2.05) is 24.3 Å². The first kappa shape index (κ1) is 43.7. The molecule has 1 saturated carbocycles. The van der Waals surface area contributed by atoms with Gasteiger partial charge in [-0.15, -0.1) is 0 Å². The van der Waals surface area contributed by atoms with Crippen molar-refractivity contribution in [3.8, 4) is 0 Å². The molecule has 9 N–H and O–H groups in total. The van der Waals surface area contributed by atoms with Gasteiger partial charge in [-0.2, -0.15) is 9.97 Å². The van der Waals surface area contributed by atoms with Gasteiger partial charge in [-0.05, 0) is 36.0 Å². The molecule has 3 saturated heterocycles. The Balaban J connectivity index is 0.931. The Morgan fingerprint density at radius 3 is 2.13 bits per heavy atom. The normalized spacial score (nSPS) is 30.5. The fourth-order valence-electron chi connectivity index (χ4n) is 8.33. The van der Waals surface area contributed by atoms with Gasteiger partial charge in [0.2, 0.25) is 5.95 Å². The maximum atomic E-state index is 13.5. The Labute approximate surface area is 347 Å². The molecule has 2 unspecified atom stereocenters. The molecule has 8 rings (SSSR count). The van der Waals surface area contributed by atoms with E-state index in [4.69, 9.17) is 43.8 Å². The van der Waals surface area contributed by atoms with Crippen molar-refractivity contribution < 1.29 is 61.4 Å². The second-order valence-corrected chi connectivity index (χ2v) is 18.3. The maximum absolute atomic E-state index is 13.5. The Hall–Kier alpha value is -3.93. The summed E-state index contributed by atoms with van der Waals surface area (Å²) < 4.78 is 69.0. The number of aliphatic hydroxyl groups excluding tert-OH is 2. The van der Waals surface area contributed by atoms with Crippen LogP contribution in [0.15, 0.2) is 52.4 Å². The minimum atomic E-state index is -4.95. The van der Waals surface area contributed by atoms with Crippen LogP contribution in [0, 0.1) is 0 Å². The summed E-state index contributed by atoms with van der Waals surface area (Å²) in [6.07, 6.45) is -1.33. The number of aromatic amines is 1. The van der Waals surface area contributed by atoms with Crippen molar-refractivity contribution in [1.29, 1.82) is 0 Å². The van der Waals surface area contributed by atoms with Crippen LogP contribution in [-0.2, 0) is 41.4 Å². The van der Waals surface area contributed by atoms with E-state index in [1.54, 1.807) is 0 Å². The number of aliphatic hydroxyl groups is 2. The first-order valence-corrected chi connectivity index (χ1v) is 22.9. The van der Waals surface area contributed by atoms with Crippen molar-refractivity contribution in [2.45, 2.75) is 112 Å².